The second-order valence-corrected chi connectivity index (χ2v) is 5.21. The van der Waals surface area contributed by atoms with E-state index in [-0.39, 0.29) is 6.10 Å². The lowest BCUT2D eigenvalue weighted by Gasteiger charge is -2.21. The first-order chi connectivity index (χ1) is 9.16. The van der Waals surface area contributed by atoms with Crippen LogP contribution in [0.25, 0.3) is 0 Å². The van der Waals surface area contributed by atoms with Crippen LogP contribution in [0.3, 0.4) is 0 Å². The van der Waals surface area contributed by atoms with Gasteiger partial charge in [-0.2, -0.15) is 0 Å². The molecule has 2 rings (SSSR count). The Hall–Kier alpha value is -1.45. The zero-order chi connectivity index (χ0) is 13.7. The number of rotatable bonds is 5. The molecule has 1 unspecified atom stereocenters. The number of halogens is 1. The summed E-state index contributed by atoms with van der Waals surface area (Å²) in [4.78, 5) is 8.09. The molecule has 100 valence electrons. The van der Waals surface area contributed by atoms with Crippen LogP contribution in [0.4, 0.5) is 0 Å². The van der Waals surface area contributed by atoms with Crippen molar-refractivity contribution in [1.82, 2.24) is 9.97 Å². The van der Waals surface area contributed by atoms with Gasteiger partial charge in [0.25, 0.3) is 0 Å². The van der Waals surface area contributed by atoms with Gasteiger partial charge >= 0.3 is 0 Å². The van der Waals surface area contributed by atoms with E-state index in [1.807, 2.05) is 24.3 Å². The standard InChI is InChI=1S/C15H17ClN2O/c1-11(2)15(13-7-17-10-18-8-13)19-9-12-3-5-14(16)6-4-12/h3-8,10-11,15H,9H2,1-2H3. The van der Waals surface area contributed by atoms with E-state index >= 15 is 0 Å². The summed E-state index contributed by atoms with van der Waals surface area (Å²) in [6.45, 7) is 4.80. The van der Waals surface area contributed by atoms with Gasteiger partial charge in [-0.3, -0.25) is 0 Å². The first-order valence-electron chi connectivity index (χ1n) is 6.28. The van der Waals surface area contributed by atoms with E-state index in [9.17, 15) is 0 Å². The summed E-state index contributed by atoms with van der Waals surface area (Å²) in [6, 6.07) is 7.69. The van der Waals surface area contributed by atoms with Gasteiger partial charge in [0.1, 0.15) is 6.33 Å². The van der Waals surface area contributed by atoms with E-state index in [4.69, 9.17) is 16.3 Å². The summed E-state index contributed by atoms with van der Waals surface area (Å²) in [7, 11) is 0. The minimum Gasteiger partial charge on any atom is -0.368 e. The molecule has 2 aromatic rings. The number of aromatic nitrogens is 2. The molecule has 3 nitrogen and oxygen atoms in total. The largest absolute Gasteiger partial charge is 0.368 e. The van der Waals surface area contributed by atoms with Crippen LogP contribution < -0.4 is 0 Å². The third-order valence-electron chi connectivity index (χ3n) is 2.86. The van der Waals surface area contributed by atoms with Crippen molar-refractivity contribution in [2.24, 2.45) is 5.92 Å². The Morgan fingerprint density at radius 2 is 1.74 bits per heavy atom. The van der Waals surface area contributed by atoms with E-state index in [1.165, 1.54) is 6.33 Å². The average molecular weight is 277 g/mol. The second kappa shape index (κ2) is 6.64. The van der Waals surface area contributed by atoms with Gasteiger partial charge < -0.3 is 4.74 Å². The van der Waals surface area contributed by atoms with Gasteiger partial charge in [-0.1, -0.05) is 37.6 Å². The Kier molecular flexibility index (Phi) is 4.88. The molecule has 0 aliphatic carbocycles. The molecule has 0 bridgehead atoms. The molecule has 4 heteroatoms. The van der Waals surface area contributed by atoms with Crippen LogP contribution in [0.15, 0.2) is 43.0 Å². The van der Waals surface area contributed by atoms with Crippen molar-refractivity contribution in [3.8, 4) is 0 Å². The number of benzene rings is 1. The predicted molar refractivity (Wildman–Crippen MR) is 75.9 cm³/mol. The van der Waals surface area contributed by atoms with Crippen molar-refractivity contribution in [2.45, 2.75) is 26.6 Å². The summed E-state index contributed by atoms with van der Waals surface area (Å²) in [5, 5.41) is 0.737. The lowest BCUT2D eigenvalue weighted by Crippen LogP contribution is -2.11. The third-order valence-corrected chi connectivity index (χ3v) is 3.11. The van der Waals surface area contributed by atoms with Gasteiger partial charge in [-0.15, -0.1) is 0 Å². The maximum Gasteiger partial charge on any atom is 0.115 e. The third kappa shape index (κ3) is 4.01. The normalized spacial score (nSPS) is 12.6. The van der Waals surface area contributed by atoms with E-state index < -0.39 is 0 Å². The fourth-order valence-electron chi connectivity index (χ4n) is 1.90. The van der Waals surface area contributed by atoms with Crippen LogP contribution in [0.5, 0.6) is 0 Å². The van der Waals surface area contributed by atoms with Gasteiger partial charge in [0.15, 0.2) is 0 Å². The van der Waals surface area contributed by atoms with Gasteiger partial charge in [0.2, 0.25) is 0 Å². The zero-order valence-electron chi connectivity index (χ0n) is 11.1. The van der Waals surface area contributed by atoms with Crippen molar-refractivity contribution in [3.63, 3.8) is 0 Å². The molecule has 0 saturated carbocycles. The Morgan fingerprint density at radius 3 is 2.32 bits per heavy atom. The van der Waals surface area contributed by atoms with Crippen LogP contribution >= 0.6 is 11.6 Å². The Bertz CT molecular complexity index is 499. The van der Waals surface area contributed by atoms with Gasteiger partial charge in [-0.05, 0) is 23.6 Å². The van der Waals surface area contributed by atoms with Crippen LogP contribution in [0, 0.1) is 5.92 Å². The fourth-order valence-corrected chi connectivity index (χ4v) is 2.02. The van der Waals surface area contributed by atoms with E-state index in [2.05, 4.69) is 23.8 Å². The van der Waals surface area contributed by atoms with Gasteiger partial charge in [-0.25, -0.2) is 9.97 Å². The van der Waals surface area contributed by atoms with E-state index in [0.717, 1.165) is 16.1 Å². The summed E-state index contributed by atoms with van der Waals surface area (Å²) in [6.07, 6.45) is 5.14. The van der Waals surface area contributed by atoms with Crippen molar-refractivity contribution in [3.05, 3.63) is 59.1 Å². The molecule has 0 fully saturated rings. The minimum absolute atomic E-state index is 0.00289. The predicted octanol–water partition coefficient (Wildman–Crippen LogP) is 4.04. The molecule has 1 atom stereocenters. The molecule has 19 heavy (non-hydrogen) atoms. The highest BCUT2D eigenvalue weighted by Crippen LogP contribution is 2.26. The molecule has 0 N–H and O–H groups in total. The average Bonchev–Trinajstić information content (AvgIpc) is 2.42. The first-order valence-corrected chi connectivity index (χ1v) is 6.65. The lowest BCUT2D eigenvalue weighted by atomic mass is 10.0. The highest BCUT2D eigenvalue weighted by Gasteiger charge is 2.17. The molecule has 0 spiro atoms. The van der Waals surface area contributed by atoms with Crippen molar-refractivity contribution < 1.29 is 4.74 Å². The summed E-state index contributed by atoms with van der Waals surface area (Å²) in [5.74, 6) is 0.360. The quantitative estimate of drug-likeness (QED) is 0.826. The zero-order valence-corrected chi connectivity index (χ0v) is 11.8. The molecule has 1 aromatic heterocycles. The van der Waals surface area contributed by atoms with E-state index in [1.54, 1.807) is 12.4 Å². The first kappa shape index (κ1) is 14.0. The monoisotopic (exact) mass is 276 g/mol. The SMILES string of the molecule is CC(C)C(OCc1ccc(Cl)cc1)c1cncnc1. The van der Waals surface area contributed by atoms with Gasteiger partial charge in [0, 0.05) is 23.0 Å². The molecule has 0 amide bonds. The Labute approximate surface area is 118 Å². The second-order valence-electron chi connectivity index (χ2n) is 4.77. The highest BCUT2D eigenvalue weighted by molar-refractivity contribution is 6.30. The van der Waals surface area contributed by atoms with Crippen molar-refractivity contribution >= 4 is 11.6 Å². The smallest absolute Gasteiger partial charge is 0.115 e. The topological polar surface area (TPSA) is 35.0 Å². The molecule has 0 aliphatic heterocycles. The molecular formula is C15H17ClN2O. The molecule has 1 aromatic carbocycles. The molecule has 0 radical (unpaired) electrons. The Balaban J connectivity index is 2.04. The van der Waals surface area contributed by atoms with Crippen LogP contribution in [0.1, 0.15) is 31.1 Å². The fraction of sp³-hybridized carbons (Fsp3) is 0.333. The number of hydrogen-bond donors (Lipinski definition) is 0. The summed E-state index contributed by atoms with van der Waals surface area (Å²) >= 11 is 5.86. The number of nitrogens with zero attached hydrogens (tertiary/aromatic N) is 2. The molecule has 0 saturated heterocycles. The highest BCUT2D eigenvalue weighted by atomic mass is 35.5. The number of hydrogen-bond acceptors (Lipinski definition) is 3. The lowest BCUT2D eigenvalue weighted by molar-refractivity contribution is 0.00855. The van der Waals surface area contributed by atoms with Crippen molar-refractivity contribution in [1.29, 1.82) is 0 Å². The van der Waals surface area contributed by atoms with E-state index in [0.29, 0.717) is 12.5 Å². The van der Waals surface area contributed by atoms with Crippen LogP contribution in [-0.4, -0.2) is 9.97 Å². The minimum atomic E-state index is -0.00289. The summed E-state index contributed by atoms with van der Waals surface area (Å²) < 4.78 is 5.99. The van der Waals surface area contributed by atoms with Gasteiger partial charge in [0.05, 0.1) is 12.7 Å². The maximum atomic E-state index is 5.99. The summed E-state index contributed by atoms with van der Waals surface area (Å²) in [5.41, 5.74) is 2.11. The number of ether oxygens (including phenoxy) is 1. The molecule has 0 aliphatic rings. The van der Waals surface area contributed by atoms with Crippen molar-refractivity contribution in [2.75, 3.05) is 0 Å². The Morgan fingerprint density at radius 1 is 1.11 bits per heavy atom. The molecule has 1 heterocycles. The maximum absolute atomic E-state index is 5.99. The van der Waals surface area contributed by atoms with Crippen LogP contribution in [0.2, 0.25) is 5.02 Å². The van der Waals surface area contributed by atoms with Crippen LogP contribution in [-0.2, 0) is 11.3 Å². The molecular weight excluding hydrogens is 260 g/mol.